The minimum Gasteiger partial charge on any atom is -0.385 e. The van der Waals surface area contributed by atoms with E-state index in [-0.39, 0.29) is 0 Å². The Labute approximate surface area is 128 Å². The van der Waals surface area contributed by atoms with Crippen LogP contribution in [-0.4, -0.2) is 32.1 Å². The number of thioether (sulfide) groups is 1. The molecular formula is C17H29NOS. The summed E-state index contributed by atoms with van der Waals surface area (Å²) in [5.74, 6) is 1.76. The summed E-state index contributed by atoms with van der Waals surface area (Å²) in [7, 11) is 1.78. The van der Waals surface area contributed by atoms with Crippen LogP contribution in [0.15, 0.2) is 29.2 Å². The van der Waals surface area contributed by atoms with Crippen LogP contribution in [0.1, 0.15) is 32.3 Å². The van der Waals surface area contributed by atoms with E-state index < -0.39 is 0 Å². The van der Waals surface area contributed by atoms with E-state index >= 15 is 0 Å². The Morgan fingerprint density at radius 3 is 2.55 bits per heavy atom. The van der Waals surface area contributed by atoms with Crippen LogP contribution in [-0.2, 0) is 4.74 Å². The molecule has 2 atom stereocenters. The van der Waals surface area contributed by atoms with E-state index in [1.165, 1.54) is 16.9 Å². The Hall–Kier alpha value is -0.510. The Morgan fingerprint density at radius 2 is 1.95 bits per heavy atom. The molecule has 114 valence electrons. The molecule has 20 heavy (non-hydrogen) atoms. The van der Waals surface area contributed by atoms with Gasteiger partial charge in [0.1, 0.15) is 0 Å². The maximum absolute atomic E-state index is 5.21. The van der Waals surface area contributed by atoms with Gasteiger partial charge in [-0.2, -0.15) is 0 Å². The van der Waals surface area contributed by atoms with Gasteiger partial charge in [0.25, 0.3) is 0 Å². The first kappa shape index (κ1) is 17.5. The summed E-state index contributed by atoms with van der Waals surface area (Å²) < 4.78 is 5.21. The van der Waals surface area contributed by atoms with Gasteiger partial charge >= 0.3 is 0 Å². The summed E-state index contributed by atoms with van der Waals surface area (Å²) in [4.78, 5) is 1.36. The molecule has 0 saturated heterocycles. The summed E-state index contributed by atoms with van der Waals surface area (Å²) in [6.07, 6.45) is 2.30. The zero-order chi connectivity index (χ0) is 14.8. The molecule has 0 amide bonds. The van der Waals surface area contributed by atoms with Crippen LogP contribution in [0.3, 0.4) is 0 Å². The number of ether oxygens (including phenoxy) is 1. The summed E-state index contributed by atoms with van der Waals surface area (Å²) >= 11 is 1.95. The standard InChI is InChI=1S/C17H29NOS/c1-5-11-18-17(15(3)10-12-19-4)13-20-16-8-6-14(2)7-9-16/h6-9,15,17-18H,5,10-13H2,1-4H3. The Bertz CT molecular complexity index is 353. The molecule has 1 N–H and O–H groups in total. The molecular weight excluding hydrogens is 266 g/mol. The highest BCUT2D eigenvalue weighted by atomic mass is 32.2. The average molecular weight is 295 g/mol. The first-order valence-corrected chi connectivity index (χ1v) is 8.57. The van der Waals surface area contributed by atoms with Gasteiger partial charge in [0.05, 0.1) is 0 Å². The number of hydrogen-bond acceptors (Lipinski definition) is 3. The smallest absolute Gasteiger partial charge is 0.0465 e. The topological polar surface area (TPSA) is 21.3 Å². The number of methoxy groups -OCH3 is 1. The first-order chi connectivity index (χ1) is 9.67. The largest absolute Gasteiger partial charge is 0.385 e. The number of nitrogens with one attached hydrogen (secondary N) is 1. The summed E-state index contributed by atoms with van der Waals surface area (Å²) in [5.41, 5.74) is 1.32. The zero-order valence-corrected chi connectivity index (χ0v) is 14.1. The SMILES string of the molecule is CCCNC(CSc1ccc(C)cc1)C(C)CCOC. The third kappa shape index (κ3) is 6.78. The molecule has 2 nitrogen and oxygen atoms in total. The van der Waals surface area contributed by atoms with Gasteiger partial charge in [0.15, 0.2) is 0 Å². The van der Waals surface area contributed by atoms with Crippen LogP contribution in [0.4, 0.5) is 0 Å². The molecule has 0 fully saturated rings. The van der Waals surface area contributed by atoms with E-state index in [1.807, 2.05) is 11.8 Å². The molecule has 1 aromatic rings. The lowest BCUT2D eigenvalue weighted by Gasteiger charge is -2.25. The lowest BCUT2D eigenvalue weighted by atomic mass is 10.00. The van der Waals surface area contributed by atoms with E-state index in [0.717, 1.165) is 25.3 Å². The number of rotatable bonds is 10. The summed E-state index contributed by atoms with van der Waals surface area (Å²) in [6, 6.07) is 9.36. The molecule has 0 radical (unpaired) electrons. The van der Waals surface area contributed by atoms with Crippen LogP contribution in [0, 0.1) is 12.8 Å². The predicted octanol–water partition coefficient (Wildman–Crippen LogP) is 4.13. The van der Waals surface area contributed by atoms with Crippen molar-refractivity contribution in [2.45, 2.75) is 44.6 Å². The minimum absolute atomic E-state index is 0.552. The molecule has 0 aliphatic carbocycles. The highest BCUT2D eigenvalue weighted by Crippen LogP contribution is 2.22. The van der Waals surface area contributed by atoms with Gasteiger partial charge in [-0.25, -0.2) is 0 Å². The fourth-order valence-electron chi connectivity index (χ4n) is 2.08. The van der Waals surface area contributed by atoms with Crippen LogP contribution >= 0.6 is 11.8 Å². The number of benzene rings is 1. The summed E-state index contributed by atoms with van der Waals surface area (Å²) in [6.45, 7) is 8.61. The van der Waals surface area contributed by atoms with Crippen LogP contribution in [0.25, 0.3) is 0 Å². The van der Waals surface area contributed by atoms with Gasteiger partial charge in [-0.3, -0.25) is 0 Å². The van der Waals surface area contributed by atoms with Gasteiger partial charge in [0.2, 0.25) is 0 Å². The van der Waals surface area contributed by atoms with E-state index in [1.54, 1.807) is 7.11 Å². The highest BCUT2D eigenvalue weighted by Gasteiger charge is 2.16. The quantitative estimate of drug-likeness (QED) is 0.656. The Kier molecular flexibility index (Phi) is 8.99. The molecule has 1 rings (SSSR count). The Morgan fingerprint density at radius 1 is 1.25 bits per heavy atom. The number of hydrogen-bond donors (Lipinski definition) is 1. The van der Waals surface area contributed by atoms with Gasteiger partial charge < -0.3 is 10.1 Å². The molecule has 0 aliphatic heterocycles. The van der Waals surface area contributed by atoms with E-state index in [4.69, 9.17) is 4.74 Å². The maximum Gasteiger partial charge on any atom is 0.0465 e. The van der Waals surface area contributed by atoms with Crippen molar-refractivity contribution >= 4 is 11.8 Å². The van der Waals surface area contributed by atoms with Gasteiger partial charge in [0, 0.05) is 30.4 Å². The van der Waals surface area contributed by atoms with Crippen molar-refractivity contribution in [3.05, 3.63) is 29.8 Å². The fourth-order valence-corrected chi connectivity index (χ4v) is 3.23. The summed E-state index contributed by atoms with van der Waals surface area (Å²) in [5, 5.41) is 3.68. The second-order valence-corrected chi connectivity index (χ2v) is 6.54. The molecule has 3 heteroatoms. The van der Waals surface area contributed by atoms with Crippen LogP contribution < -0.4 is 5.32 Å². The van der Waals surface area contributed by atoms with Crippen LogP contribution in [0.5, 0.6) is 0 Å². The van der Waals surface area contributed by atoms with Crippen molar-refractivity contribution in [1.29, 1.82) is 0 Å². The second kappa shape index (κ2) is 10.3. The number of aryl methyl sites for hydroxylation is 1. The van der Waals surface area contributed by atoms with Gasteiger partial charge in [-0.1, -0.05) is 31.5 Å². The van der Waals surface area contributed by atoms with E-state index in [2.05, 4.69) is 50.4 Å². The third-order valence-corrected chi connectivity index (χ3v) is 4.70. The van der Waals surface area contributed by atoms with Crippen LogP contribution in [0.2, 0.25) is 0 Å². The van der Waals surface area contributed by atoms with Crippen molar-refractivity contribution in [3.63, 3.8) is 0 Å². The highest BCUT2D eigenvalue weighted by molar-refractivity contribution is 7.99. The monoisotopic (exact) mass is 295 g/mol. The molecule has 1 aromatic carbocycles. The normalized spacial score (nSPS) is 14.2. The molecule has 0 saturated carbocycles. The maximum atomic E-state index is 5.21. The second-order valence-electron chi connectivity index (χ2n) is 5.44. The molecule has 0 bridgehead atoms. The van der Waals surface area contributed by atoms with Gasteiger partial charge in [-0.15, -0.1) is 11.8 Å². The first-order valence-electron chi connectivity index (χ1n) is 7.59. The lowest BCUT2D eigenvalue weighted by Crippen LogP contribution is -2.38. The third-order valence-electron chi connectivity index (χ3n) is 3.57. The minimum atomic E-state index is 0.552. The van der Waals surface area contributed by atoms with Gasteiger partial charge in [-0.05, 0) is 44.4 Å². The lowest BCUT2D eigenvalue weighted by molar-refractivity contribution is 0.172. The van der Waals surface area contributed by atoms with E-state index in [0.29, 0.717) is 12.0 Å². The molecule has 0 spiro atoms. The zero-order valence-electron chi connectivity index (χ0n) is 13.3. The fraction of sp³-hybridized carbons (Fsp3) is 0.647. The van der Waals surface area contributed by atoms with Crippen molar-refractivity contribution in [3.8, 4) is 0 Å². The van der Waals surface area contributed by atoms with Crippen molar-refractivity contribution < 1.29 is 4.74 Å². The van der Waals surface area contributed by atoms with Crippen molar-refractivity contribution in [2.75, 3.05) is 26.0 Å². The average Bonchev–Trinajstić information content (AvgIpc) is 2.46. The molecule has 0 heterocycles. The molecule has 2 unspecified atom stereocenters. The Balaban J connectivity index is 2.48. The van der Waals surface area contributed by atoms with Crippen molar-refractivity contribution in [2.24, 2.45) is 5.92 Å². The predicted molar refractivity (Wildman–Crippen MR) is 89.6 cm³/mol. The van der Waals surface area contributed by atoms with Crippen molar-refractivity contribution in [1.82, 2.24) is 5.32 Å². The van der Waals surface area contributed by atoms with E-state index in [9.17, 15) is 0 Å². The molecule has 0 aliphatic rings. The molecule has 0 aromatic heterocycles.